The van der Waals surface area contributed by atoms with Crippen molar-refractivity contribution in [3.05, 3.63) is 54.6 Å². The summed E-state index contributed by atoms with van der Waals surface area (Å²) in [4.78, 5) is 18.8. The molecule has 1 amide bonds. The van der Waals surface area contributed by atoms with Crippen molar-refractivity contribution in [3.8, 4) is 11.3 Å². The second-order valence-electron chi connectivity index (χ2n) is 8.49. The van der Waals surface area contributed by atoms with Crippen LogP contribution < -0.4 is 5.32 Å². The lowest BCUT2D eigenvalue weighted by Gasteiger charge is -2.38. The molecule has 1 aromatic heterocycles. The smallest absolute Gasteiger partial charge is 0.227 e. The molecule has 0 atom stereocenters. The van der Waals surface area contributed by atoms with Crippen molar-refractivity contribution in [2.75, 3.05) is 31.6 Å². The number of nitrogens with one attached hydrogen (secondary N) is 2. The van der Waals surface area contributed by atoms with E-state index in [0.29, 0.717) is 6.04 Å². The second kappa shape index (κ2) is 8.62. The van der Waals surface area contributed by atoms with Gasteiger partial charge in [-0.1, -0.05) is 30.3 Å². The molecule has 156 valence electrons. The lowest BCUT2D eigenvalue weighted by molar-refractivity contribution is -0.121. The molecule has 0 spiro atoms. The van der Waals surface area contributed by atoms with Gasteiger partial charge in [0.2, 0.25) is 5.91 Å². The lowest BCUT2D eigenvalue weighted by Crippen LogP contribution is -2.45. The number of ether oxygens (including phenoxy) is 1. The number of fused-ring (bicyclic) bond motifs is 1. The van der Waals surface area contributed by atoms with Gasteiger partial charge < -0.3 is 19.9 Å². The number of H-pyrrole nitrogens is 1. The summed E-state index contributed by atoms with van der Waals surface area (Å²) in [5.74, 6) is 0.259. The number of aromatic nitrogens is 1. The van der Waals surface area contributed by atoms with Gasteiger partial charge in [-0.05, 0) is 68.6 Å². The van der Waals surface area contributed by atoms with Crippen LogP contribution in [0.5, 0.6) is 0 Å². The lowest BCUT2D eigenvalue weighted by atomic mass is 9.93. The van der Waals surface area contributed by atoms with Crippen LogP contribution in [0.25, 0.3) is 22.2 Å². The molecule has 3 heterocycles. The number of hydrogen-bond donors (Lipinski definition) is 2. The van der Waals surface area contributed by atoms with Crippen LogP contribution in [0.3, 0.4) is 0 Å². The Morgan fingerprint density at radius 3 is 2.43 bits per heavy atom. The molecule has 0 radical (unpaired) electrons. The summed E-state index contributed by atoms with van der Waals surface area (Å²) < 4.78 is 5.48. The predicted molar refractivity (Wildman–Crippen MR) is 121 cm³/mol. The zero-order chi connectivity index (χ0) is 20.3. The molecular formula is C25H29N3O2. The second-order valence-corrected chi connectivity index (χ2v) is 8.49. The highest BCUT2D eigenvalue weighted by molar-refractivity contribution is 5.93. The van der Waals surface area contributed by atoms with Crippen LogP contribution >= 0.6 is 0 Å². The molecule has 2 saturated heterocycles. The number of carbonyl (C=O) groups is 1. The minimum atomic E-state index is 0.106. The van der Waals surface area contributed by atoms with Crippen LogP contribution in [0.4, 0.5) is 5.69 Å². The molecular weight excluding hydrogens is 374 g/mol. The first-order valence-corrected chi connectivity index (χ1v) is 11.1. The molecule has 0 bridgehead atoms. The fraction of sp³-hybridized carbons (Fsp3) is 0.400. The third-order valence-electron chi connectivity index (χ3n) is 6.60. The maximum absolute atomic E-state index is 12.8. The van der Waals surface area contributed by atoms with Crippen LogP contribution in [0.1, 0.15) is 25.7 Å². The van der Waals surface area contributed by atoms with E-state index in [1.807, 2.05) is 24.3 Å². The summed E-state index contributed by atoms with van der Waals surface area (Å²) in [7, 11) is 0. The molecule has 2 N–H and O–H groups in total. The Bertz CT molecular complexity index is 964. The number of rotatable bonds is 4. The number of amides is 1. The molecule has 2 aromatic carbocycles. The van der Waals surface area contributed by atoms with Gasteiger partial charge in [0.1, 0.15) is 0 Å². The van der Waals surface area contributed by atoms with Gasteiger partial charge in [-0.15, -0.1) is 0 Å². The highest BCUT2D eigenvalue weighted by Gasteiger charge is 2.29. The van der Waals surface area contributed by atoms with E-state index in [4.69, 9.17) is 4.74 Å². The normalized spacial score (nSPS) is 19.2. The largest absolute Gasteiger partial charge is 0.381 e. The van der Waals surface area contributed by atoms with E-state index < -0.39 is 0 Å². The number of hydrogen-bond acceptors (Lipinski definition) is 3. The van der Waals surface area contributed by atoms with Gasteiger partial charge in [0.15, 0.2) is 0 Å². The number of carbonyl (C=O) groups excluding carboxylic acids is 1. The SMILES string of the molecule is O=C(Nc1ccc(-c2cc3ccccc3[nH]2)cc1)C1CCN(C2CCOCC2)CC1. The van der Waals surface area contributed by atoms with Crippen molar-refractivity contribution >= 4 is 22.5 Å². The first kappa shape index (κ1) is 19.3. The van der Waals surface area contributed by atoms with Crippen LogP contribution in [0.2, 0.25) is 0 Å². The van der Waals surface area contributed by atoms with Gasteiger partial charge in [0.25, 0.3) is 0 Å². The van der Waals surface area contributed by atoms with Gasteiger partial charge in [-0.3, -0.25) is 4.79 Å². The Hall–Kier alpha value is -2.63. The number of piperidine rings is 1. The fourth-order valence-corrected chi connectivity index (χ4v) is 4.78. The molecule has 2 aliphatic heterocycles. The Morgan fingerprint density at radius 1 is 0.967 bits per heavy atom. The Balaban J connectivity index is 1.17. The first-order valence-electron chi connectivity index (χ1n) is 11.1. The van der Waals surface area contributed by atoms with E-state index in [1.165, 1.54) is 5.39 Å². The number of aromatic amines is 1. The van der Waals surface area contributed by atoms with Gasteiger partial charge >= 0.3 is 0 Å². The van der Waals surface area contributed by atoms with E-state index in [1.54, 1.807) is 0 Å². The Labute approximate surface area is 177 Å². The minimum absolute atomic E-state index is 0.106. The summed E-state index contributed by atoms with van der Waals surface area (Å²) in [6.07, 6.45) is 4.13. The van der Waals surface area contributed by atoms with Gasteiger partial charge in [0, 0.05) is 47.5 Å². The molecule has 30 heavy (non-hydrogen) atoms. The van der Waals surface area contributed by atoms with Crippen molar-refractivity contribution in [1.82, 2.24) is 9.88 Å². The van der Waals surface area contributed by atoms with E-state index in [0.717, 1.165) is 74.4 Å². The minimum Gasteiger partial charge on any atom is -0.381 e. The Morgan fingerprint density at radius 2 is 1.70 bits per heavy atom. The molecule has 5 rings (SSSR count). The highest BCUT2D eigenvalue weighted by atomic mass is 16.5. The van der Waals surface area contributed by atoms with Crippen LogP contribution in [0, 0.1) is 5.92 Å². The topological polar surface area (TPSA) is 57.4 Å². The van der Waals surface area contributed by atoms with Crippen LogP contribution in [0.15, 0.2) is 54.6 Å². The van der Waals surface area contributed by atoms with E-state index in [-0.39, 0.29) is 11.8 Å². The summed E-state index contributed by atoms with van der Waals surface area (Å²) >= 11 is 0. The maximum atomic E-state index is 12.8. The van der Waals surface area contributed by atoms with Crippen LogP contribution in [-0.2, 0) is 9.53 Å². The zero-order valence-corrected chi connectivity index (χ0v) is 17.3. The third kappa shape index (κ3) is 4.13. The van der Waals surface area contributed by atoms with Crippen molar-refractivity contribution in [1.29, 1.82) is 0 Å². The summed E-state index contributed by atoms with van der Waals surface area (Å²) in [6, 6.07) is 19.2. The molecule has 2 fully saturated rings. The van der Waals surface area contributed by atoms with Crippen molar-refractivity contribution in [2.45, 2.75) is 31.7 Å². The first-order chi connectivity index (χ1) is 14.8. The van der Waals surface area contributed by atoms with E-state index in [9.17, 15) is 4.79 Å². The molecule has 3 aromatic rings. The molecule has 0 aliphatic carbocycles. The summed E-state index contributed by atoms with van der Waals surface area (Å²) in [6.45, 7) is 3.78. The van der Waals surface area contributed by atoms with Crippen LogP contribution in [-0.4, -0.2) is 48.1 Å². The third-order valence-corrected chi connectivity index (χ3v) is 6.60. The van der Waals surface area contributed by atoms with E-state index >= 15 is 0 Å². The summed E-state index contributed by atoms with van der Waals surface area (Å²) in [5.41, 5.74) is 4.22. The fourth-order valence-electron chi connectivity index (χ4n) is 4.78. The number of likely N-dealkylation sites (tertiary alicyclic amines) is 1. The molecule has 5 nitrogen and oxygen atoms in total. The monoisotopic (exact) mass is 403 g/mol. The highest BCUT2D eigenvalue weighted by Crippen LogP contribution is 2.27. The van der Waals surface area contributed by atoms with Gasteiger partial charge in [-0.2, -0.15) is 0 Å². The molecule has 0 saturated carbocycles. The number of para-hydroxylation sites is 1. The molecule has 5 heteroatoms. The van der Waals surface area contributed by atoms with Gasteiger partial charge in [-0.25, -0.2) is 0 Å². The quantitative estimate of drug-likeness (QED) is 0.666. The van der Waals surface area contributed by atoms with E-state index in [2.05, 4.69) is 45.5 Å². The number of nitrogens with zero attached hydrogens (tertiary/aromatic N) is 1. The molecule has 2 aliphatic rings. The number of benzene rings is 2. The average molecular weight is 404 g/mol. The van der Waals surface area contributed by atoms with Crippen molar-refractivity contribution in [3.63, 3.8) is 0 Å². The Kier molecular flexibility index (Phi) is 5.56. The standard InChI is InChI=1S/C25H29N3O2/c29-25(19-9-13-28(14-10-19)22-11-15-30-16-12-22)26-21-7-5-18(6-8-21)24-17-20-3-1-2-4-23(20)27-24/h1-8,17,19,22,27H,9-16H2,(H,26,29). The number of anilines is 1. The average Bonchev–Trinajstić information content (AvgIpc) is 3.25. The maximum Gasteiger partial charge on any atom is 0.227 e. The van der Waals surface area contributed by atoms with Gasteiger partial charge in [0.05, 0.1) is 0 Å². The van der Waals surface area contributed by atoms with Crippen molar-refractivity contribution < 1.29 is 9.53 Å². The predicted octanol–water partition coefficient (Wildman–Crippen LogP) is 4.66. The zero-order valence-electron chi connectivity index (χ0n) is 17.3. The molecule has 0 unspecified atom stereocenters. The van der Waals surface area contributed by atoms with Crippen molar-refractivity contribution in [2.24, 2.45) is 5.92 Å². The summed E-state index contributed by atoms with van der Waals surface area (Å²) in [5, 5.41) is 4.33.